The molecule has 0 spiro atoms. The average Bonchev–Trinajstić information content (AvgIpc) is 2.89. The smallest absolute Gasteiger partial charge is 0.273 e. The van der Waals surface area contributed by atoms with Gasteiger partial charge in [0.15, 0.2) is 5.69 Å². The summed E-state index contributed by atoms with van der Waals surface area (Å²) >= 11 is 0. The molecule has 0 aliphatic heterocycles. The van der Waals surface area contributed by atoms with Crippen molar-refractivity contribution in [1.29, 1.82) is 0 Å². The van der Waals surface area contributed by atoms with Crippen LogP contribution in [-0.4, -0.2) is 58.1 Å². The molecule has 0 atom stereocenters. The summed E-state index contributed by atoms with van der Waals surface area (Å²) in [6.45, 7) is 2.86. The number of aryl methyl sites for hydroxylation is 2. The Labute approximate surface area is 128 Å². The highest BCUT2D eigenvalue weighted by Crippen LogP contribution is 2.11. The Kier molecular flexibility index (Phi) is 4.87. The number of carbonyl (C=O) groups excluding carboxylic acids is 1. The van der Waals surface area contributed by atoms with Crippen LogP contribution in [-0.2, 0) is 7.05 Å². The Morgan fingerprint density at radius 3 is 2.73 bits per heavy atom. The fourth-order valence-electron chi connectivity index (χ4n) is 1.75. The number of anilines is 2. The first-order chi connectivity index (χ1) is 10.5. The van der Waals surface area contributed by atoms with E-state index in [1.807, 2.05) is 32.0 Å². The number of hydrogen-bond donors (Lipinski definition) is 2. The van der Waals surface area contributed by atoms with Crippen LogP contribution < -0.4 is 15.5 Å². The van der Waals surface area contributed by atoms with Gasteiger partial charge in [0.25, 0.3) is 5.91 Å². The highest BCUT2D eigenvalue weighted by atomic mass is 16.2. The molecule has 0 bridgehead atoms. The van der Waals surface area contributed by atoms with Gasteiger partial charge in [-0.3, -0.25) is 9.48 Å². The monoisotopic (exact) mass is 304 g/mol. The van der Waals surface area contributed by atoms with Crippen molar-refractivity contribution in [3.8, 4) is 0 Å². The topological polar surface area (TPSA) is 101 Å². The first-order valence-electron chi connectivity index (χ1n) is 6.87. The van der Waals surface area contributed by atoms with Gasteiger partial charge in [-0.25, -0.2) is 4.98 Å². The number of nitrogens with zero attached hydrogens (tertiary/aromatic N) is 6. The quantitative estimate of drug-likeness (QED) is 0.714. The maximum atomic E-state index is 11.8. The van der Waals surface area contributed by atoms with Gasteiger partial charge in [-0.2, -0.15) is 4.98 Å². The fraction of sp³-hybridized carbons (Fsp3) is 0.462. The van der Waals surface area contributed by atoms with E-state index in [0.29, 0.717) is 24.7 Å². The molecule has 0 aliphatic rings. The number of aromatic nitrogens is 5. The molecule has 0 saturated heterocycles. The summed E-state index contributed by atoms with van der Waals surface area (Å²) in [5, 5.41) is 13.3. The number of rotatable bonds is 6. The van der Waals surface area contributed by atoms with Crippen LogP contribution in [0.2, 0.25) is 0 Å². The summed E-state index contributed by atoms with van der Waals surface area (Å²) in [6.07, 6.45) is 1.57. The third-order valence-electron chi connectivity index (χ3n) is 2.83. The largest absolute Gasteiger partial charge is 0.363 e. The Morgan fingerprint density at radius 2 is 2.09 bits per heavy atom. The van der Waals surface area contributed by atoms with Crippen LogP contribution in [0.3, 0.4) is 0 Å². The van der Waals surface area contributed by atoms with Gasteiger partial charge in [-0.15, -0.1) is 5.10 Å². The molecule has 0 aromatic carbocycles. The predicted molar refractivity (Wildman–Crippen MR) is 82.9 cm³/mol. The molecule has 2 aromatic heterocycles. The molecule has 9 heteroatoms. The zero-order valence-electron chi connectivity index (χ0n) is 13.2. The Balaban J connectivity index is 1.82. The van der Waals surface area contributed by atoms with Gasteiger partial charge in [-0.1, -0.05) is 5.21 Å². The third kappa shape index (κ3) is 4.14. The molecular formula is C13H20N8O. The minimum atomic E-state index is -0.256. The maximum absolute atomic E-state index is 11.8. The van der Waals surface area contributed by atoms with Crippen molar-refractivity contribution in [2.75, 3.05) is 37.4 Å². The molecule has 9 nitrogen and oxygen atoms in total. The van der Waals surface area contributed by atoms with Gasteiger partial charge >= 0.3 is 0 Å². The van der Waals surface area contributed by atoms with Crippen LogP contribution in [0.25, 0.3) is 0 Å². The van der Waals surface area contributed by atoms with Crippen molar-refractivity contribution in [2.45, 2.75) is 6.92 Å². The van der Waals surface area contributed by atoms with Crippen LogP contribution in [0.15, 0.2) is 12.3 Å². The Bertz CT molecular complexity index is 651. The normalized spacial score (nSPS) is 10.4. The van der Waals surface area contributed by atoms with Gasteiger partial charge in [-0.05, 0) is 6.92 Å². The van der Waals surface area contributed by atoms with E-state index in [4.69, 9.17) is 0 Å². The van der Waals surface area contributed by atoms with Crippen molar-refractivity contribution in [3.05, 3.63) is 23.7 Å². The lowest BCUT2D eigenvalue weighted by Gasteiger charge is -2.13. The number of nitrogens with one attached hydrogen (secondary N) is 2. The molecule has 1 amide bonds. The summed E-state index contributed by atoms with van der Waals surface area (Å²) in [7, 11) is 5.56. The first-order valence-corrected chi connectivity index (χ1v) is 6.87. The van der Waals surface area contributed by atoms with E-state index in [2.05, 4.69) is 30.9 Å². The fourth-order valence-corrected chi connectivity index (χ4v) is 1.75. The van der Waals surface area contributed by atoms with Crippen LogP contribution in [0.5, 0.6) is 0 Å². The Morgan fingerprint density at radius 1 is 1.32 bits per heavy atom. The van der Waals surface area contributed by atoms with Gasteiger partial charge in [0.2, 0.25) is 5.95 Å². The minimum absolute atomic E-state index is 0.256. The molecule has 0 saturated carbocycles. The summed E-state index contributed by atoms with van der Waals surface area (Å²) in [5.74, 6) is 1.12. The van der Waals surface area contributed by atoms with Gasteiger partial charge < -0.3 is 15.5 Å². The Hall–Kier alpha value is -2.71. The maximum Gasteiger partial charge on any atom is 0.273 e. The molecule has 2 rings (SSSR count). The van der Waals surface area contributed by atoms with Crippen LogP contribution in [0.4, 0.5) is 11.8 Å². The van der Waals surface area contributed by atoms with Crippen molar-refractivity contribution >= 4 is 17.7 Å². The van der Waals surface area contributed by atoms with E-state index in [1.165, 1.54) is 4.68 Å². The molecule has 2 aromatic rings. The minimum Gasteiger partial charge on any atom is -0.363 e. The summed E-state index contributed by atoms with van der Waals surface area (Å²) in [5.41, 5.74) is 1.17. The average molecular weight is 304 g/mol. The van der Waals surface area contributed by atoms with Gasteiger partial charge in [0, 0.05) is 46.0 Å². The lowest BCUT2D eigenvalue weighted by Crippen LogP contribution is -2.29. The zero-order chi connectivity index (χ0) is 16.1. The zero-order valence-corrected chi connectivity index (χ0v) is 13.2. The predicted octanol–water partition coefficient (Wildman–Crippen LogP) is -0.179. The van der Waals surface area contributed by atoms with E-state index >= 15 is 0 Å². The molecule has 0 unspecified atom stereocenters. The van der Waals surface area contributed by atoms with E-state index in [1.54, 1.807) is 13.2 Å². The second-order valence-electron chi connectivity index (χ2n) is 5.05. The highest BCUT2D eigenvalue weighted by molar-refractivity contribution is 5.91. The second-order valence-corrected chi connectivity index (χ2v) is 5.05. The molecule has 22 heavy (non-hydrogen) atoms. The second kappa shape index (κ2) is 6.83. The van der Waals surface area contributed by atoms with Crippen LogP contribution in [0.1, 0.15) is 16.2 Å². The highest BCUT2D eigenvalue weighted by Gasteiger charge is 2.09. The van der Waals surface area contributed by atoms with E-state index < -0.39 is 0 Å². The molecule has 0 radical (unpaired) electrons. The summed E-state index contributed by atoms with van der Waals surface area (Å²) < 4.78 is 1.48. The first kappa shape index (κ1) is 15.7. The van der Waals surface area contributed by atoms with E-state index in [-0.39, 0.29) is 5.91 Å². The molecule has 0 aliphatic carbocycles. The molecule has 2 N–H and O–H groups in total. The lowest BCUT2D eigenvalue weighted by molar-refractivity contribution is 0.0950. The summed E-state index contributed by atoms with van der Waals surface area (Å²) in [4.78, 5) is 22.4. The van der Waals surface area contributed by atoms with Crippen LogP contribution in [0, 0.1) is 6.92 Å². The number of hydrogen-bond acceptors (Lipinski definition) is 7. The number of amides is 1. The SMILES string of the molecule is Cc1cc(N(C)C)nc(NCCNC(=O)c2cn(C)nn2)n1. The van der Waals surface area contributed by atoms with Crippen LogP contribution >= 0.6 is 0 Å². The molecular weight excluding hydrogens is 284 g/mol. The molecule has 2 heterocycles. The van der Waals surface area contributed by atoms with Crippen molar-refractivity contribution in [1.82, 2.24) is 30.3 Å². The van der Waals surface area contributed by atoms with Gasteiger partial charge in [0.1, 0.15) is 5.82 Å². The number of carbonyl (C=O) groups is 1. The van der Waals surface area contributed by atoms with E-state index in [0.717, 1.165) is 11.5 Å². The van der Waals surface area contributed by atoms with Crippen molar-refractivity contribution in [2.24, 2.45) is 7.05 Å². The molecule has 118 valence electrons. The molecule has 0 fully saturated rings. The van der Waals surface area contributed by atoms with E-state index in [9.17, 15) is 4.79 Å². The third-order valence-corrected chi connectivity index (χ3v) is 2.83. The summed E-state index contributed by atoms with van der Waals surface area (Å²) in [6, 6.07) is 1.90. The van der Waals surface area contributed by atoms with Gasteiger partial charge in [0.05, 0.1) is 6.20 Å². The standard InChI is InChI=1S/C13H20N8O/c1-9-7-11(20(2)3)17-13(16-9)15-6-5-14-12(22)10-8-21(4)19-18-10/h7-8H,5-6H2,1-4H3,(H,14,22)(H,15,16,17). The van der Waals surface area contributed by atoms with Crippen molar-refractivity contribution in [3.63, 3.8) is 0 Å². The van der Waals surface area contributed by atoms with Crippen molar-refractivity contribution < 1.29 is 4.79 Å². The lowest BCUT2D eigenvalue weighted by atomic mass is 10.4.